The molecule has 0 radical (unpaired) electrons. The van der Waals surface area contributed by atoms with Gasteiger partial charge in [0.15, 0.2) is 11.5 Å². The monoisotopic (exact) mass is 438 g/mol. The molecule has 2 atom stereocenters. The Morgan fingerprint density at radius 1 is 1.23 bits per heavy atom. The molecule has 12 heteroatoms. The van der Waals surface area contributed by atoms with E-state index in [1.807, 2.05) is 6.66 Å². The van der Waals surface area contributed by atoms with Crippen molar-refractivity contribution >= 4 is 31.1 Å². The minimum Gasteiger partial charge on any atom is -0.350 e. The smallest absolute Gasteiger partial charge is 0.350 e. The van der Waals surface area contributed by atoms with E-state index in [1.54, 1.807) is 0 Å². The van der Waals surface area contributed by atoms with Crippen LogP contribution in [0.3, 0.4) is 0 Å². The average molecular weight is 438 g/mol. The van der Waals surface area contributed by atoms with Crippen LogP contribution in [-0.4, -0.2) is 54.3 Å². The second-order valence-corrected chi connectivity index (χ2v) is 8.81. The van der Waals surface area contributed by atoms with Crippen LogP contribution in [0.4, 0.5) is 19.1 Å². The second-order valence-electron chi connectivity index (χ2n) is 7.83. The Hall–Kier alpha value is -2.39. The van der Waals surface area contributed by atoms with Gasteiger partial charge in [0.05, 0.1) is 5.44 Å². The van der Waals surface area contributed by atoms with Crippen molar-refractivity contribution in [2.75, 3.05) is 18.5 Å². The molecule has 4 rings (SSSR count). The molecule has 3 aromatic heterocycles. The number of nitrogens with zero attached hydrogens (tertiary/aromatic N) is 6. The zero-order valence-corrected chi connectivity index (χ0v) is 17.7. The normalized spacial score (nSPS) is 19.6. The van der Waals surface area contributed by atoms with Crippen molar-refractivity contribution in [1.82, 2.24) is 34.8 Å². The molecular weight excluding hydrogens is 416 g/mol. The predicted octanol–water partition coefficient (Wildman–Crippen LogP) is 2.50. The van der Waals surface area contributed by atoms with Crippen molar-refractivity contribution < 1.29 is 13.2 Å². The number of aromatic nitrogens is 6. The van der Waals surface area contributed by atoms with Crippen LogP contribution in [0.15, 0.2) is 18.9 Å². The van der Waals surface area contributed by atoms with Gasteiger partial charge in [-0.15, -0.1) is 0 Å². The molecule has 2 unspecified atom stereocenters. The lowest BCUT2D eigenvalue weighted by Crippen LogP contribution is -2.50. The van der Waals surface area contributed by atoms with Crippen molar-refractivity contribution in [3.05, 3.63) is 24.4 Å². The summed E-state index contributed by atoms with van der Waals surface area (Å²) in [5.74, 6) is -0.173. The lowest BCUT2D eigenvalue weighted by atomic mass is 9.91. The van der Waals surface area contributed by atoms with Gasteiger partial charge >= 0.3 is 6.18 Å². The molecule has 0 spiro atoms. The largest absolute Gasteiger partial charge is 0.421 e. The Labute approximate surface area is 172 Å². The summed E-state index contributed by atoms with van der Waals surface area (Å²) in [4.78, 5) is 20.7. The Morgan fingerprint density at radius 3 is 2.70 bits per heavy atom. The molecule has 1 aliphatic rings. The maximum Gasteiger partial charge on any atom is 0.421 e. The molecule has 0 bridgehead atoms. The van der Waals surface area contributed by atoms with Crippen LogP contribution >= 0.6 is 8.58 Å². The van der Waals surface area contributed by atoms with E-state index in [1.165, 1.54) is 17.2 Å². The zero-order chi connectivity index (χ0) is 21.5. The first kappa shape index (κ1) is 20.9. The highest BCUT2D eigenvalue weighted by Crippen LogP contribution is 2.34. The van der Waals surface area contributed by atoms with Gasteiger partial charge < -0.3 is 10.6 Å². The number of hydrogen-bond donors (Lipinski definition) is 2. The molecule has 0 aromatic carbocycles. The highest BCUT2D eigenvalue weighted by Gasteiger charge is 2.37. The maximum atomic E-state index is 13.7. The van der Waals surface area contributed by atoms with Gasteiger partial charge in [-0.25, -0.2) is 19.9 Å². The van der Waals surface area contributed by atoms with Crippen LogP contribution in [0, 0.1) is 0 Å². The molecule has 0 amide bonds. The Morgan fingerprint density at radius 2 is 2.03 bits per heavy atom. The fourth-order valence-electron chi connectivity index (χ4n) is 3.43. The molecule has 0 aliphatic carbocycles. The number of nitrogens with one attached hydrogen (secondary N) is 2. The number of piperidine rings is 1. The summed E-state index contributed by atoms with van der Waals surface area (Å²) in [6.07, 6.45) is 0.609. The van der Waals surface area contributed by atoms with E-state index in [0.717, 1.165) is 19.0 Å². The number of alkyl halides is 3. The number of imidazole rings is 1. The van der Waals surface area contributed by atoms with E-state index >= 15 is 0 Å². The first-order chi connectivity index (χ1) is 14.2. The van der Waals surface area contributed by atoms with Gasteiger partial charge in [0.2, 0.25) is 5.95 Å². The van der Waals surface area contributed by atoms with E-state index < -0.39 is 11.7 Å². The van der Waals surface area contributed by atoms with Gasteiger partial charge in [0.1, 0.15) is 23.7 Å². The zero-order valence-electron chi connectivity index (χ0n) is 16.7. The van der Waals surface area contributed by atoms with E-state index in [0.29, 0.717) is 26.1 Å². The maximum absolute atomic E-state index is 13.7. The molecule has 8 nitrogen and oxygen atoms in total. The molecule has 4 heterocycles. The molecule has 1 aliphatic heterocycles. The third-order valence-electron chi connectivity index (χ3n) is 5.15. The molecule has 1 fully saturated rings. The molecule has 2 N–H and O–H groups in total. The van der Waals surface area contributed by atoms with E-state index in [2.05, 4.69) is 49.4 Å². The van der Waals surface area contributed by atoms with Gasteiger partial charge in [0.25, 0.3) is 0 Å². The van der Waals surface area contributed by atoms with Gasteiger partial charge in [-0.3, -0.25) is 4.57 Å². The molecule has 1 saturated heterocycles. The van der Waals surface area contributed by atoms with Crippen molar-refractivity contribution in [3.63, 3.8) is 0 Å². The minimum atomic E-state index is -4.62. The van der Waals surface area contributed by atoms with E-state index in [9.17, 15) is 13.2 Å². The van der Waals surface area contributed by atoms with Crippen LogP contribution < -0.4 is 16.1 Å². The lowest BCUT2D eigenvalue weighted by molar-refractivity contribution is -0.137. The van der Waals surface area contributed by atoms with Gasteiger partial charge in [-0.2, -0.15) is 18.2 Å². The van der Waals surface area contributed by atoms with Gasteiger partial charge in [0, 0.05) is 24.3 Å². The van der Waals surface area contributed by atoms with Gasteiger partial charge in [-0.05, 0) is 33.4 Å². The topological polar surface area (TPSA) is 93.4 Å². The summed E-state index contributed by atoms with van der Waals surface area (Å²) in [5.41, 5.74) is 0.533. The molecular formula is C18H22F3N8P. The van der Waals surface area contributed by atoms with Crippen LogP contribution in [-0.2, 0) is 6.18 Å². The first-order valence-electron chi connectivity index (χ1n) is 9.50. The number of fused-ring (bicyclic) bond motifs is 1. The summed E-state index contributed by atoms with van der Waals surface area (Å²) in [5, 5.41) is 6.57. The van der Waals surface area contributed by atoms with Gasteiger partial charge in [-0.1, -0.05) is 8.58 Å². The van der Waals surface area contributed by atoms with Crippen LogP contribution in [0.5, 0.6) is 0 Å². The number of anilines is 1. The average Bonchev–Trinajstić information content (AvgIpc) is 3.13. The minimum absolute atomic E-state index is 0.0253. The summed E-state index contributed by atoms with van der Waals surface area (Å²) >= 11 is 0. The third-order valence-corrected chi connectivity index (χ3v) is 5.99. The molecule has 30 heavy (non-hydrogen) atoms. The third kappa shape index (κ3) is 4.09. The van der Waals surface area contributed by atoms with Crippen LogP contribution in [0.25, 0.3) is 17.0 Å². The molecule has 160 valence electrons. The summed E-state index contributed by atoms with van der Waals surface area (Å²) in [6.45, 7) is 6.84. The van der Waals surface area contributed by atoms with Crippen molar-refractivity contribution in [3.8, 4) is 5.82 Å². The highest BCUT2D eigenvalue weighted by molar-refractivity contribution is 7.46. The Balaban J connectivity index is 1.74. The summed E-state index contributed by atoms with van der Waals surface area (Å²) < 4.78 is 42.3. The summed E-state index contributed by atoms with van der Waals surface area (Å²) in [6, 6.07) is 0.0253. The van der Waals surface area contributed by atoms with Crippen LogP contribution in [0.2, 0.25) is 0 Å². The SMILES string of the molecule is CPc1ncnc2c1ncn2-c1nc(NC2CCC(C)(C)NC2)ncc1C(F)(F)F. The van der Waals surface area contributed by atoms with E-state index in [4.69, 9.17) is 0 Å². The summed E-state index contributed by atoms with van der Waals surface area (Å²) in [7, 11) is 0.336. The molecule has 3 aromatic rings. The van der Waals surface area contributed by atoms with E-state index in [-0.39, 0.29) is 29.0 Å². The standard InChI is InChI=1S/C18H22F3N8P/c1-17(2)5-4-10(6-26-17)27-16-22-7-11(18(19,20)21)13(28-16)29-9-25-12-14(29)23-8-24-15(12)30-3/h7-10,26,30H,4-6H2,1-3H3,(H,22,27,28). The number of rotatable bonds is 4. The van der Waals surface area contributed by atoms with Crippen molar-refractivity contribution in [2.45, 2.75) is 44.4 Å². The number of halogens is 3. The second kappa shape index (κ2) is 7.70. The van der Waals surface area contributed by atoms with Crippen LogP contribution in [0.1, 0.15) is 32.3 Å². The lowest BCUT2D eigenvalue weighted by Gasteiger charge is -2.36. The fraction of sp³-hybridized carbons (Fsp3) is 0.500. The Kier molecular flexibility index (Phi) is 5.36. The van der Waals surface area contributed by atoms with Crippen molar-refractivity contribution in [2.24, 2.45) is 0 Å². The first-order valence-corrected chi connectivity index (χ1v) is 11.0. The quantitative estimate of drug-likeness (QED) is 0.605. The molecule has 0 saturated carbocycles. The predicted molar refractivity (Wildman–Crippen MR) is 110 cm³/mol. The highest BCUT2D eigenvalue weighted by atomic mass is 31.1. The van der Waals surface area contributed by atoms with Crippen molar-refractivity contribution in [1.29, 1.82) is 0 Å². The number of hydrogen-bond acceptors (Lipinski definition) is 7. The fourth-order valence-corrected chi connectivity index (χ4v) is 4.03. The Bertz CT molecular complexity index is 1060.